The summed E-state index contributed by atoms with van der Waals surface area (Å²) in [5.74, 6) is 0.869. The summed E-state index contributed by atoms with van der Waals surface area (Å²) >= 11 is 4.93. The zero-order chi connectivity index (χ0) is 14.5. The first-order valence-corrected chi connectivity index (χ1v) is 7.81. The summed E-state index contributed by atoms with van der Waals surface area (Å²) in [5.41, 5.74) is 7.36. The Morgan fingerprint density at radius 1 is 1.35 bits per heavy atom. The number of likely N-dealkylation sites (tertiary alicyclic amines) is 1. The Morgan fingerprint density at radius 2 is 1.95 bits per heavy atom. The molecule has 20 heavy (non-hydrogen) atoms. The lowest BCUT2D eigenvalue weighted by atomic mass is 9.94. The number of aliphatic hydroxyl groups is 1. The van der Waals surface area contributed by atoms with Gasteiger partial charge < -0.3 is 15.7 Å². The molecule has 0 aliphatic carbocycles. The molecule has 0 aromatic heterocycles. The number of hydrogen-bond acceptors (Lipinski definition) is 3. The van der Waals surface area contributed by atoms with E-state index in [1.54, 1.807) is 0 Å². The van der Waals surface area contributed by atoms with E-state index in [-0.39, 0.29) is 0 Å². The third-order valence-corrected chi connectivity index (χ3v) is 4.53. The van der Waals surface area contributed by atoms with Gasteiger partial charge in [0.25, 0.3) is 0 Å². The van der Waals surface area contributed by atoms with Gasteiger partial charge in [0.15, 0.2) is 0 Å². The zero-order valence-electron chi connectivity index (χ0n) is 12.1. The number of nitrogens with zero attached hydrogens (tertiary/aromatic N) is 1. The molecule has 0 radical (unpaired) electrons. The van der Waals surface area contributed by atoms with Gasteiger partial charge in [0.05, 0.1) is 6.10 Å². The topological polar surface area (TPSA) is 49.5 Å². The number of rotatable bonds is 5. The quantitative estimate of drug-likeness (QED) is 0.819. The molecular weight excluding hydrogens is 268 g/mol. The van der Waals surface area contributed by atoms with E-state index >= 15 is 0 Å². The lowest BCUT2D eigenvalue weighted by molar-refractivity contribution is 0.0887. The fourth-order valence-corrected chi connectivity index (χ4v) is 2.93. The van der Waals surface area contributed by atoms with E-state index in [9.17, 15) is 5.11 Å². The summed E-state index contributed by atoms with van der Waals surface area (Å²) in [5, 5.41) is 10.3. The molecule has 1 aliphatic rings. The van der Waals surface area contributed by atoms with Crippen LogP contribution in [0.1, 0.15) is 43.4 Å². The summed E-state index contributed by atoms with van der Waals surface area (Å²) in [4.78, 5) is 2.76. The van der Waals surface area contributed by atoms with Gasteiger partial charge >= 0.3 is 0 Å². The van der Waals surface area contributed by atoms with Gasteiger partial charge in [0, 0.05) is 12.1 Å². The van der Waals surface area contributed by atoms with E-state index in [0.717, 1.165) is 30.1 Å². The highest BCUT2D eigenvalue weighted by Crippen LogP contribution is 2.22. The van der Waals surface area contributed by atoms with E-state index < -0.39 is 6.10 Å². The Balaban J connectivity index is 1.88. The first-order chi connectivity index (χ1) is 9.60. The largest absolute Gasteiger partial charge is 0.389 e. The van der Waals surface area contributed by atoms with Gasteiger partial charge in [-0.05, 0) is 37.4 Å². The van der Waals surface area contributed by atoms with Crippen molar-refractivity contribution < 1.29 is 5.11 Å². The van der Waals surface area contributed by atoms with E-state index in [0.29, 0.717) is 11.5 Å². The number of thiocarbonyl (C=S) groups is 1. The van der Waals surface area contributed by atoms with Crippen molar-refractivity contribution in [2.75, 3.05) is 19.6 Å². The van der Waals surface area contributed by atoms with Crippen LogP contribution in [0.25, 0.3) is 0 Å². The molecule has 0 bridgehead atoms. The minimum atomic E-state index is -0.437. The predicted octanol–water partition coefficient (Wildman–Crippen LogP) is 2.48. The third kappa shape index (κ3) is 4.01. The molecular formula is C16H24N2OS. The molecule has 1 fully saturated rings. The molecule has 2 rings (SSSR count). The molecule has 1 aromatic carbocycles. The maximum absolute atomic E-state index is 10.3. The van der Waals surface area contributed by atoms with Crippen LogP contribution in [0.5, 0.6) is 0 Å². The molecule has 1 aromatic rings. The second-order valence-electron chi connectivity index (χ2n) is 5.65. The maximum Gasteiger partial charge on any atom is 0.103 e. The molecule has 1 saturated heterocycles. The minimum Gasteiger partial charge on any atom is -0.389 e. The van der Waals surface area contributed by atoms with Gasteiger partial charge in [-0.3, -0.25) is 0 Å². The van der Waals surface area contributed by atoms with Crippen LogP contribution in [0.2, 0.25) is 0 Å². The molecule has 1 unspecified atom stereocenters. The molecule has 1 heterocycles. The minimum absolute atomic E-state index is 0.396. The van der Waals surface area contributed by atoms with Crippen molar-refractivity contribution in [3.05, 3.63) is 35.4 Å². The smallest absolute Gasteiger partial charge is 0.103 e. The molecule has 1 atom stereocenters. The summed E-state index contributed by atoms with van der Waals surface area (Å²) in [6, 6.07) is 7.59. The van der Waals surface area contributed by atoms with Crippen molar-refractivity contribution in [1.82, 2.24) is 4.90 Å². The summed E-state index contributed by atoms with van der Waals surface area (Å²) < 4.78 is 0. The first kappa shape index (κ1) is 15.4. The van der Waals surface area contributed by atoms with E-state index in [2.05, 4.69) is 11.8 Å². The molecule has 4 heteroatoms. The van der Waals surface area contributed by atoms with Gasteiger partial charge in [0.1, 0.15) is 4.99 Å². The predicted molar refractivity (Wildman–Crippen MR) is 86.7 cm³/mol. The van der Waals surface area contributed by atoms with Gasteiger partial charge in [-0.2, -0.15) is 0 Å². The fraction of sp³-hybridized carbons (Fsp3) is 0.562. The van der Waals surface area contributed by atoms with Crippen LogP contribution in [0.4, 0.5) is 0 Å². The molecule has 0 saturated carbocycles. The Bertz CT molecular complexity index is 438. The number of hydrogen-bond donors (Lipinski definition) is 2. The highest BCUT2D eigenvalue weighted by Gasteiger charge is 2.20. The zero-order valence-corrected chi connectivity index (χ0v) is 12.9. The lowest BCUT2D eigenvalue weighted by Gasteiger charge is -2.32. The number of aliphatic hydroxyl groups excluding tert-OH is 1. The number of β-amino-alcohol motifs (C(OH)–C–C–N with tert-alkyl or cyclic N) is 1. The molecule has 3 N–H and O–H groups in total. The van der Waals surface area contributed by atoms with Crippen LogP contribution < -0.4 is 5.73 Å². The van der Waals surface area contributed by atoms with Crippen molar-refractivity contribution >= 4 is 17.2 Å². The average molecular weight is 292 g/mol. The van der Waals surface area contributed by atoms with E-state index in [1.165, 1.54) is 19.3 Å². The van der Waals surface area contributed by atoms with E-state index in [4.69, 9.17) is 18.0 Å². The van der Waals surface area contributed by atoms with Crippen molar-refractivity contribution in [2.45, 2.75) is 32.3 Å². The Morgan fingerprint density at radius 3 is 2.45 bits per heavy atom. The Kier molecular flexibility index (Phi) is 5.52. The van der Waals surface area contributed by atoms with Crippen molar-refractivity contribution in [3.63, 3.8) is 0 Å². The average Bonchev–Trinajstić information content (AvgIpc) is 2.48. The number of nitrogens with two attached hydrogens (primary N) is 1. The lowest BCUT2D eigenvalue weighted by Crippen LogP contribution is -2.36. The highest BCUT2D eigenvalue weighted by molar-refractivity contribution is 7.80. The van der Waals surface area contributed by atoms with Crippen LogP contribution in [0.3, 0.4) is 0 Å². The maximum atomic E-state index is 10.3. The molecule has 110 valence electrons. The van der Waals surface area contributed by atoms with Gasteiger partial charge in [0.2, 0.25) is 0 Å². The standard InChI is InChI=1S/C16H24N2OS/c1-2-12-7-9-18(10-8-12)11-15(19)13-3-5-14(6-4-13)16(17)20/h3-6,12,15,19H,2,7-11H2,1H3,(H2,17,20). The van der Waals surface area contributed by atoms with Crippen molar-refractivity contribution in [2.24, 2.45) is 11.7 Å². The van der Waals surface area contributed by atoms with Gasteiger partial charge in [-0.1, -0.05) is 49.8 Å². The summed E-state index contributed by atoms with van der Waals surface area (Å²) in [7, 11) is 0. The second-order valence-corrected chi connectivity index (χ2v) is 6.09. The van der Waals surface area contributed by atoms with Crippen molar-refractivity contribution in [1.29, 1.82) is 0 Å². The molecule has 0 amide bonds. The van der Waals surface area contributed by atoms with Gasteiger partial charge in [-0.15, -0.1) is 0 Å². The van der Waals surface area contributed by atoms with Gasteiger partial charge in [-0.25, -0.2) is 0 Å². The third-order valence-electron chi connectivity index (χ3n) is 4.30. The molecule has 1 aliphatic heterocycles. The van der Waals surface area contributed by atoms with Crippen molar-refractivity contribution in [3.8, 4) is 0 Å². The van der Waals surface area contributed by atoms with Crippen LogP contribution in [-0.2, 0) is 0 Å². The normalized spacial score (nSPS) is 18.9. The second kappa shape index (κ2) is 7.16. The van der Waals surface area contributed by atoms with Crippen LogP contribution in [0, 0.1) is 5.92 Å². The summed E-state index contributed by atoms with van der Waals surface area (Å²) in [6.45, 7) is 5.17. The van der Waals surface area contributed by atoms with E-state index in [1.807, 2.05) is 24.3 Å². The van der Waals surface area contributed by atoms with Crippen LogP contribution in [-0.4, -0.2) is 34.6 Å². The highest BCUT2D eigenvalue weighted by atomic mass is 32.1. The fourth-order valence-electron chi connectivity index (χ4n) is 2.80. The SMILES string of the molecule is CCC1CCN(CC(O)c2ccc(C(N)=S)cc2)CC1. The Labute approximate surface area is 126 Å². The van der Waals surface area contributed by atoms with Crippen LogP contribution in [0.15, 0.2) is 24.3 Å². The first-order valence-electron chi connectivity index (χ1n) is 7.40. The number of piperidine rings is 1. The molecule has 0 spiro atoms. The summed E-state index contributed by atoms with van der Waals surface area (Å²) in [6.07, 6.45) is 3.35. The van der Waals surface area contributed by atoms with Crippen LogP contribution >= 0.6 is 12.2 Å². The molecule has 3 nitrogen and oxygen atoms in total. The Hall–Kier alpha value is -0.970. The number of benzene rings is 1. The monoisotopic (exact) mass is 292 g/mol.